The van der Waals surface area contributed by atoms with Crippen molar-refractivity contribution in [1.82, 2.24) is 14.4 Å². The molecule has 35 heavy (non-hydrogen) atoms. The number of anilines is 1. The van der Waals surface area contributed by atoms with Crippen molar-refractivity contribution in [3.8, 4) is 0 Å². The molecule has 2 aromatic heterocycles. The van der Waals surface area contributed by atoms with E-state index in [1.165, 1.54) is 11.1 Å². The predicted octanol–water partition coefficient (Wildman–Crippen LogP) is 1.35. The van der Waals surface area contributed by atoms with Gasteiger partial charge in [0.05, 0.1) is 12.3 Å². The summed E-state index contributed by atoms with van der Waals surface area (Å²) in [5, 5.41) is 38.5. The number of hydrogen-bond acceptors (Lipinski definition) is 9. The van der Waals surface area contributed by atoms with Crippen molar-refractivity contribution in [3.05, 3.63) is 36.6 Å². The Morgan fingerprint density at radius 2 is 1.83 bits per heavy atom. The standard InChI is InChI=1S/C24H34N4O7/c1-3-27(24-21(34)20(33)18(13-29)35-24)23-15(2)22-25-12-16(28(22)14-26-23)11-17(30)9-7-5-4-6-8-10-19(31)32/h3,12,14,18,20-21,24,29,33-34H,1,4-11,13H2,2H3,(H,31,32)/t18-,20?,21?,24-/m1/s1. The number of aliphatic hydroxyl groups excluding tert-OH is 3. The van der Waals surface area contributed by atoms with E-state index >= 15 is 0 Å². The summed E-state index contributed by atoms with van der Waals surface area (Å²) in [6.07, 6.45) is 5.15. The summed E-state index contributed by atoms with van der Waals surface area (Å²) in [4.78, 5) is 33.4. The summed E-state index contributed by atoms with van der Waals surface area (Å²) in [5.74, 6) is -0.257. The highest BCUT2D eigenvalue weighted by molar-refractivity contribution is 5.80. The zero-order valence-electron chi connectivity index (χ0n) is 19.9. The number of aliphatic hydroxyl groups is 3. The lowest BCUT2D eigenvalue weighted by Gasteiger charge is -2.29. The number of unbranched alkanes of at least 4 members (excludes halogenated alkanes) is 4. The predicted molar refractivity (Wildman–Crippen MR) is 127 cm³/mol. The van der Waals surface area contributed by atoms with Gasteiger partial charge < -0.3 is 30.1 Å². The maximum absolute atomic E-state index is 12.5. The molecule has 0 spiro atoms. The lowest BCUT2D eigenvalue weighted by atomic mass is 10.1. The number of carboxylic acids is 1. The van der Waals surface area contributed by atoms with E-state index in [4.69, 9.17) is 9.84 Å². The van der Waals surface area contributed by atoms with Crippen LogP contribution in [0.25, 0.3) is 5.65 Å². The van der Waals surface area contributed by atoms with Crippen LogP contribution in [0, 0.1) is 6.92 Å². The van der Waals surface area contributed by atoms with Gasteiger partial charge in [0.2, 0.25) is 0 Å². The second kappa shape index (κ2) is 12.2. The van der Waals surface area contributed by atoms with Crippen molar-refractivity contribution in [3.63, 3.8) is 0 Å². The number of Topliss-reactive ketones (excluding diaryl/α,β-unsaturated/α-hetero) is 1. The summed E-state index contributed by atoms with van der Waals surface area (Å²) in [5.41, 5.74) is 1.98. The first-order valence-corrected chi connectivity index (χ1v) is 11.9. The zero-order chi connectivity index (χ0) is 25.5. The van der Waals surface area contributed by atoms with Gasteiger partial charge in [-0.15, -0.1) is 0 Å². The third-order valence-corrected chi connectivity index (χ3v) is 6.30. The number of carboxylic acid groups (broad SMARTS) is 1. The monoisotopic (exact) mass is 490 g/mol. The van der Waals surface area contributed by atoms with E-state index in [0.717, 1.165) is 25.7 Å². The van der Waals surface area contributed by atoms with Crippen LogP contribution in [0.3, 0.4) is 0 Å². The summed E-state index contributed by atoms with van der Waals surface area (Å²) >= 11 is 0. The Labute approximate surface area is 203 Å². The molecule has 0 radical (unpaired) electrons. The average molecular weight is 491 g/mol. The molecule has 1 aliphatic heterocycles. The molecule has 2 aromatic rings. The Morgan fingerprint density at radius 1 is 1.14 bits per heavy atom. The molecular formula is C24H34N4O7. The van der Waals surface area contributed by atoms with E-state index in [2.05, 4.69) is 16.5 Å². The molecule has 4 N–H and O–H groups in total. The molecule has 11 heteroatoms. The highest BCUT2D eigenvalue weighted by Crippen LogP contribution is 2.30. The van der Waals surface area contributed by atoms with Crippen LogP contribution in [0.5, 0.6) is 0 Å². The smallest absolute Gasteiger partial charge is 0.303 e. The molecule has 3 rings (SSSR count). The van der Waals surface area contributed by atoms with E-state index in [1.807, 2.05) is 0 Å². The second-order valence-electron chi connectivity index (χ2n) is 8.83. The van der Waals surface area contributed by atoms with Gasteiger partial charge in [-0.25, -0.2) is 9.97 Å². The third kappa shape index (κ3) is 6.23. The van der Waals surface area contributed by atoms with Gasteiger partial charge in [-0.2, -0.15) is 0 Å². The number of ketones is 1. The average Bonchev–Trinajstić information content (AvgIpc) is 3.36. The molecule has 1 fully saturated rings. The Morgan fingerprint density at radius 3 is 2.46 bits per heavy atom. The van der Waals surface area contributed by atoms with Crippen LogP contribution in [0.4, 0.5) is 5.82 Å². The Kier molecular flexibility index (Phi) is 9.33. The van der Waals surface area contributed by atoms with Gasteiger partial charge in [-0.05, 0) is 19.8 Å². The second-order valence-corrected chi connectivity index (χ2v) is 8.83. The molecular weight excluding hydrogens is 456 g/mol. The quantitative estimate of drug-likeness (QED) is 0.285. The fourth-order valence-corrected chi connectivity index (χ4v) is 4.34. The van der Waals surface area contributed by atoms with Crippen molar-refractivity contribution in [2.75, 3.05) is 11.5 Å². The Hall–Kier alpha value is -2.86. The van der Waals surface area contributed by atoms with Crippen molar-refractivity contribution >= 4 is 23.2 Å². The van der Waals surface area contributed by atoms with Crippen LogP contribution >= 0.6 is 0 Å². The minimum Gasteiger partial charge on any atom is -0.481 e. The molecule has 192 valence electrons. The van der Waals surface area contributed by atoms with Gasteiger partial charge >= 0.3 is 5.97 Å². The topological polar surface area (TPSA) is 158 Å². The highest BCUT2D eigenvalue weighted by Gasteiger charge is 2.45. The van der Waals surface area contributed by atoms with Gasteiger partial charge in [0, 0.05) is 37.2 Å². The number of rotatable bonds is 14. The van der Waals surface area contributed by atoms with Gasteiger partial charge in [0.25, 0.3) is 0 Å². The molecule has 0 bridgehead atoms. The summed E-state index contributed by atoms with van der Waals surface area (Å²) < 4.78 is 7.36. The molecule has 2 unspecified atom stereocenters. The zero-order valence-corrected chi connectivity index (χ0v) is 19.9. The van der Waals surface area contributed by atoms with Crippen LogP contribution in [0.15, 0.2) is 25.3 Å². The van der Waals surface area contributed by atoms with Gasteiger partial charge in [0.1, 0.15) is 41.9 Å². The van der Waals surface area contributed by atoms with Crippen LogP contribution in [-0.2, 0) is 20.7 Å². The number of nitrogens with zero attached hydrogens (tertiary/aromatic N) is 4. The number of ether oxygens (including phenoxy) is 1. The van der Waals surface area contributed by atoms with Gasteiger partial charge in [0.15, 0.2) is 6.23 Å². The van der Waals surface area contributed by atoms with Crippen LogP contribution in [0.2, 0.25) is 0 Å². The molecule has 0 aromatic carbocycles. The van der Waals surface area contributed by atoms with E-state index in [9.17, 15) is 24.9 Å². The third-order valence-electron chi connectivity index (χ3n) is 6.30. The number of aryl methyl sites for hydroxylation is 1. The minimum absolute atomic E-state index is 0.0956. The molecule has 0 saturated carbocycles. The number of carbonyl (C=O) groups excluding carboxylic acids is 1. The number of imidazole rings is 1. The van der Waals surface area contributed by atoms with E-state index < -0.39 is 37.1 Å². The van der Waals surface area contributed by atoms with E-state index in [-0.39, 0.29) is 18.6 Å². The first-order valence-electron chi connectivity index (χ1n) is 11.9. The number of aliphatic carboxylic acids is 1. The van der Waals surface area contributed by atoms with Crippen molar-refractivity contribution in [1.29, 1.82) is 0 Å². The van der Waals surface area contributed by atoms with Crippen LogP contribution in [-0.4, -0.2) is 77.7 Å². The van der Waals surface area contributed by atoms with Gasteiger partial charge in [-0.3, -0.25) is 14.0 Å². The lowest BCUT2D eigenvalue weighted by Crippen LogP contribution is -2.42. The Balaban J connectivity index is 1.63. The number of fused-ring (bicyclic) bond motifs is 1. The molecule has 3 heterocycles. The molecule has 0 amide bonds. The number of carbonyl (C=O) groups is 2. The molecule has 11 nitrogen and oxygen atoms in total. The number of hydrogen-bond donors (Lipinski definition) is 4. The molecule has 1 aliphatic rings. The maximum atomic E-state index is 12.5. The Bertz CT molecular complexity index is 1040. The van der Waals surface area contributed by atoms with Crippen molar-refractivity contribution < 1.29 is 34.8 Å². The van der Waals surface area contributed by atoms with E-state index in [0.29, 0.717) is 35.6 Å². The van der Waals surface area contributed by atoms with Crippen LogP contribution in [0.1, 0.15) is 56.2 Å². The van der Waals surface area contributed by atoms with Crippen LogP contribution < -0.4 is 4.90 Å². The van der Waals surface area contributed by atoms with Crippen molar-refractivity contribution in [2.45, 2.75) is 82.8 Å². The number of aromatic nitrogens is 3. The normalized spacial score (nSPS) is 21.9. The summed E-state index contributed by atoms with van der Waals surface area (Å²) in [6, 6.07) is 0. The van der Waals surface area contributed by atoms with Crippen molar-refractivity contribution in [2.24, 2.45) is 0 Å². The largest absolute Gasteiger partial charge is 0.481 e. The fourth-order valence-electron chi connectivity index (χ4n) is 4.34. The highest BCUT2D eigenvalue weighted by atomic mass is 16.6. The van der Waals surface area contributed by atoms with E-state index in [1.54, 1.807) is 23.8 Å². The minimum atomic E-state index is -1.27. The first kappa shape index (κ1) is 26.7. The first-order chi connectivity index (χ1) is 16.8. The van der Waals surface area contributed by atoms with Gasteiger partial charge in [-0.1, -0.05) is 25.8 Å². The lowest BCUT2D eigenvalue weighted by molar-refractivity contribution is -0.137. The maximum Gasteiger partial charge on any atom is 0.303 e. The molecule has 4 atom stereocenters. The summed E-state index contributed by atoms with van der Waals surface area (Å²) in [7, 11) is 0. The SMILES string of the molecule is C=CN(c1ncn2c(CC(=O)CCCCCCCC(=O)O)cnc2c1C)[C@@H]1O[C@H](CO)C(O)C1O. The summed E-state index contributed by atoms with van der Waals surface area (Å²) in [6.45, 7) is 5.14. The fraction of sp³-hybridized carbons (Fsp3) is 0.583. The molecule has 1 saturated heterocycles. The molecule has 0 aliphatic carbocycles.